The number of carbonyl (C=O) groups excluding carboxylic acids is 2. The lowest BCUT2D eigenvalue weighted by atomic mass is 9.94. The molecule has 0 aliphatic heterocycles. The Bertz CT molecular complexity index is 476. The third-order valence-electron chi connectivity index (χ3n) is 3.17. The van der Waals surface area contributed by atoms with Gasteiger partial charge in [-0.2, -0.15) is 0 Å². The van der Waals surface area contributed by atoms with Gasteiger partial charge in [-0.1, -0.05) is 45.9 Å². The zero-order valence-corrected chi connectivity index (χ0v) is 13.8. The smallest absolute Gasteiger partial charge is 0.231 e. The highest BCUT2D eigenvalue weighted by atomic mass is 16.2. The van der Waals surface area contributed by atoms with Crippen LogP contribution in [0.15, 0.2) is 18.2 Å². The molecule has 0 heterocycles. The molecule has 1 aromatic carbocycles. The molecular weight excluding hydrogens is 262 g/mol. The van der Waals surface area contributed by atoms with Crippen molar-refractivity contribution >= 4 is 17.4 Å². The second-order valence-electron chi connectivity index (χ2n) is 6.57. The Kier molecular flexibility index (Phi) is 6.60. The first-order chi connectivity index (χ1) is 9.79. The van der Waals surface area contributed by atoms with Gasteiger partial charge in [0.2, 0.25) is 5.91 Å². The largest absolute Gasteiger partial charge is 0.325 e. The summed E-state index contributed by atoms with van der Waals surface area (Å²) in [5.74, 6) is 0.702. The van der Waals surface area contributed by atoms with Crippen LogP contribution in [0.25, 0.3) is 0 Å². The number of ketones is 1. The molecule has 3 nitrogen and oxygen atoms in total. The van der Waals surface area contributed by atoms with Crippen molar-refractivity contribution in [3.05, 3.63) is 29.3 Å². The molecule has 1 N–H and O–H groups in total. The maximum absolute atomic E-state index is 12.0. The summed E-state index contributed by atoms with van der Waals surface area (Å²) in [5, 5.41) is 2.96. The summed E-state index contributed by atoms with van der Waals surface area (Å²) in [6, 6.07) is 6.18. The fraction of sp³-hybridized carbons (Fsp3) is 0.556. The van der Waals surface area contributed by atoms with Gasteiger partial charge in [-0.05, 0) is 42.7 Å². The van der Waals surface area contributed by atoms with Crippen molar-refractivity contribution in [3.8, 4) is 0 Å². The highest BCUT2D eigenvalue weighted by Gasteiger charge is 2.14. The molecule has 0 aliphatic rings. The van der Waals surface area contributed by atoms with Crippen LogP contribution >= 0.6 is 0 Å². The molecule has 0 bridgehead atoms. The summed E-state index contributed by atoms with van der Waals surface area (Å²) in [4.78, 5) is 23.1. The van der Waals surface area contributed by atoms with Crippen LogP contribution < -0.4 is 5.32 Å². The number of hydrogen-bond donors (Lipinski definition) is 1. The van der Waals surface area contributed by atoms with Gasteiger partial charge in [0.1, 0.15) is 5.78 Å². The zero-order valence-electron chi connectivity index (χ0n) is 13.8. The third-order valence-corrected chi connectivity index (χ3v) is 3.17. The molecule has 1 aromatic rings. The van der Waals surface area contributed by atoms with Crippen molar-refractivity contribution in [1.29, 1.82) is 0 Å². The first-order valence-electron chi connectivity index (χ1n) is 7.69. The van der Waals surface area contributed by atoms with Gasteiger partial charge in [-0.15, -0.1) is 0 Å². The van der Waals surface area contributed by atoms with E-state index in [1.807, 2.05) is 0 Å². The van der Waals surface area contributed by atoms with Crippen LogP contribution in [0.1, 0.15) is 52.2 Å². The summed E-state index contributed by atoms with van der Waals surface area (Å²) < 4.78 is 0. The lowest BCUT2D eigenvalue weighted by Gasteiger charge is -2.18. The van der Waals surface area contributed by atoms with Crippen molar-refractivity contribution in [2.24, 2.45) is 11.8 Å². The summed E-state index contributed by atoms with van der Waals surface area (Å²) in [5.41, 5.74) is 3.21. The topological polar surface area (TPSA) is 46.2 Å². The second kappa shape index (κ2) is 7.96. The molecule has 0 saturated carbocycles. The Balaban J connectivity index is 3.08. The zero-order chi connectivity index (χ0) is 16.0. The van der Waals surface area contributed by atoms with E-state index < -0.39 is 0 Å². The quantitative estimate of drug-likeness (QED) is 0.771. The van der Waals surface area contributed by atoms with Gasteiger partial charge in [0.25, 0.3) is 0 Å². The summed E-state index contributed by atoms with van der Waals surface area (Å²) in [7, 11) is 0. The number of nitrogens with one attached hydrogen (secondary N) is 1. The van der Waals surface area contributed by atoms with Crippen molar-refractivity contribution in [2.45, 2.75) is 53.9 Å². The molecule has 0 aliphatic carbocycles. The summed E-state index contributed by atoms with van der Waals surface area (Å²) >= 11 is 0. The number of carbonyl (C=O) groups is 2. The lowest BCUT2D eigenvalue weighted by Crippen LogP contribution is -2.18. The van der Waals surface area contributed by atoms with Gasteiger partial charge in [0.05, 0.1) is 6.42 Å². The van der Waals surface area contributed by atoms with E-state index >= 15 is 0 Å². The van der Waals surface area contributed by atoms with Crippen LogP contribution in [0.2, 0.25) is 0 Å². The number of benzene rings is 1. The first-order valence-corrected chi connectivity index (χ1v) is 7.69. The fourth-order valence-electron chi connectivity index (χ4n) is 2.44. The fourth-order valence-corrected chi connectivity index (χ4v) is 2.44. The van der Waals surface area contributed by atoms with E-state index in [0.29, 0.717) is 11.8 Å². The number of Topliss-reactive ketones (excluding diaryl/α,β-unsaturated/α-hetero) is 1. The SMILES string of the molecule is CC(=O)CC(=O)Nc1c(CC(C)C)cccc1CC(C)C. The predicted molar refractivity (Wildman–Crippen MR) is 87.5 cm³/mol. The number of anilines is 1. The van der Waals surface area contributed by atoms with Crippen LogP contribution in [0, 0.1) is 11.8 Å². The molecule has 0 saturated heterocycles. The maximum Gasteiger partial charge on any atom is 0.231 e. The van der Waals surface area contributed by atoms with Crippen LogP contribution in [0.3, 0.4) is 0 Å². The molecular formula is C18H27NO2. The third kappa shape index (κ3) is 6.11. The van der Waals surface area contributed by atoms with Crippen LogP contribution in [0.4, 0.5) is 5.69 Å². The van der Waals surface area contributed by atoms with E-state index in [4.69, 9.17) is 0 Å². The molecule has 116 valence electrons. The van der Waals surface area contributed by atoms with E-state index in [1.54, 1.807) is 0 Å². The van der Waals surface area contributed by atoms with Gasteiger partial charge in [0.15, 0.2) is 0 Å². The Labute approximate surface area is 128 Å². The monoisotopic (exact) mass is 289 g/mol. The molecule has 0 radical (unpaired) electrons. The van der Waals surface area contributed by atoms with Crippen molar-refractivity contribution in [1.82, 2.24) is 0 Å². The van der Waals surface area contributed by atoms with Crippen LogP contribution in [-0.2, 0) is 22.4 Å². The Morgan fingerprint density at radius 1 is 1.00 bits per heavy atom. The molecule has 0 fully saturated rings. The van der Waals surface area contributed by atoms with E-state index in [2.05, 4.69) is 51.2 Å². The predicted octanol–water partition coefficient (Wildman–Crippen LogP) is 4.00. The number of amides is 1. The maximum atomic E-state index is 12.0. The standard InChI is InChI=1S/C18H27NO2/c1-12(2)9-15-7-6-8-16(10-13(3)4)18(15)19-17(21)11-14(5)20/h6-8,12-13H,9-11H2,1-5H3,(H,19,21). The first kappa shape index (κ1) is 17.4. The number of hydrogen-bond acceptors (Lipinski definition) is 2. The van der Waals surface area contributed by atoms with Crippen molar-refractivity contribution in [2.75, 3.05) is 5.32 Å². The van der Waals surface area contributed by atoms with Gasteiger partial charge in [-0.25, -0.2) is 0 Å². The average molecular weight is 289 g/mol. The second-order valence-corrected chi connectivity index (χ2v) is 6.57. The molecule has 1 amide bonds. The van der Waals surface area contributed by atoms with Gasteiger partial charge in [-0.3, -0.25) is 9.59 Å². The molecule has 0 atom stereocenters. The van der Waals surface area contributed by atoms with E-state index in [9.17, 15) is 9.59 Å². The summed E-state index contributed by atoms with van der Waals surface area (Å²) in [6.45, 7) is 10.1. The molecule has 21 heavy (non-hydrogen) atoms. The number of para-hydroxylation sites is 1. The van der Waals surface area contributed by atoms with Gasteiger partial charge >= 0.3 is 0 Å². The van der Waals surface area contributed by atoms with Gasteiger partial charge < -0.3 is 5.32 Å². The molecule has 0 spiro atoms. The van der Waals surface area contributed by atoms with Crippen LogP contribution in [-0.4, -0.2) is 11.7 Å². The molecule has 0 unspecified atom stereocenters. The van der Waals surface area contributed by atoms with Crippen molar-refractivity contribution in [3.63, 3.8) is 0 Å². The van der Waals surface area contributed by atoms with E-state index in [-0.39, 0.29) is 18.1 Å². The Morgan fingerprint density at radius 2 is 1.48 bits per heavy atom. The van der Waals surface area contributed by atoms with Crippen LogP contribution in [0.5, 0.6) is 0 Å². The molecule has 1 rings (SSSR count). The van der Waals surface area contributed by atoms with Gasteiger partial charge in [0, 0.05) is 5.69 Å². The summed E-state index contributed by atoms with van der Waals surface area (Å²) in [6.07, 6.45) is 1.78. The molecule has 0 aromatic heterocycles. The number of rotatable bonds is 7. The molecule has 3 heteroatoms. The highest BCUT2D eigenvalue weighted by Crippen LogP contribution is 2.26. The minimum Gasteiger partial charge on any atom is -0.325 e. The minimum atomic E-state index is -0.219. The Hall–Kier alpha value is -1.64. The van der Waals surface area contributed by atoms with E-state index in [1.165, 1.54) is 6.92 Å². The normalized spacial score (nSPS) is 11.0. The van der Waals surface area contributed by atoms with E-state index in [0.717, 1.165) is 29.7 Å². The highest BCUT2D eigenvalue weighted by molar-refractivity contribution is 6.04. The average Bonchev–Trinajstić information content (AvgIpc) is 2.30. The van der Waals surface area contributed by atoms with Crippen molar-refractivity contribution < 1.29 is 9.59 Å². The lowest BCUT2D eigenvalue weighted by molar-refractivity contribution is -0.124. The minimum absolute atomic E-state index is 0.0584. The Morgan fingerprint density at radius 3 is 1.86 bits per heavy atom.